The van der Waals surface area contributed by atoms with E-state index in [9.17, 15) is 4.79 Å². The Balaban J connectivity index is 2.55. The molecule has 1 heterocycles. The molecule has 17 heavy (non-hydrogen) atoms. The average Bonchev–Trinajstić information content (AvgIpc) is 2.76. The molecule has 0 aliphatic carbocycles. The molecule has 1 rings (SSSR count). The second-order valence-corrected chi connectivity index (χ2v) is 5.65. The van der Waals surface area contributed by atoms with Crippen LogP contribution >= 0.6 is 24.0 Å². The van der Waals surface area contributed by atoms with E-state index in [-0.39, 0.29) is 5.91 Å². The smallest absolute Gasteiger partial charge is 0.223 e. The van der Waals surface area contributed by atoms with Crippen LogP contribution in [0.1, 0.15) is 11.3 Å². The van der Waals surface area contributed by atoms with E-state index < -0.39 is 0 Å². The molecule has 0 aromatic carbocycles. The molecular weight excluding hydrogens is 252 g/mol. The second-order valence-electron chi connectivity index (χ2n) is 4.17. The molecular formula is C12H20N2OS2. The number of carbonyl (C=O) groups excluding carboxylic acids is 1. The largest absolute Gasteiger partial charge is 0.336 e. The van der Waals surface area contributed by atoms with E-state index in [4.69, 9.17) is 0 Å². The zero-order valence-corrected chi connectivity index (χ0v) is 12.1. The van der Waals surface area contributed by atoms with Crippen LogP contribution < -0.4 is 0 Å². The number of rotatable bonds is 7. The van der Waals surface area contributed by atoms with Crippen molar-refractivity contribution >= 4 is 29.9 Å². The first-order chi connectivity index (χ1) is 8.13. The summed E-state index contributed by atoms with van der Waals surface area (Å²) in [7, 11) is 4.04. The van der Waals surface area contributed by atoms with Crippen LogP contribution in [0.15, 0.2) is 17.5 Å². The van der Waals surface area contributed by atoms with Gasteiger partial charge in [-0.05, 0) is 31.3 Å². The number of likely N-dealkylation sites (N-methyl/N-ethyl adjacent to an activating group) is 1. The maximum Gasteiger partial charge on any atom is 0.223 e. The van der Waals surface area contributed by atoms with E-state index in [1.165, 1.54) is 4.88 Å². The van der Waals surface area contributed by atoms with Gasteiger partial charge in [-0.1, -0.05) is 6.07 Å². The van der Waals surface area contributed by atoms with Crippen LogP contribution in [-0.4, -0.2) is 48.6 Å². The number of thiol groups is 1. The molecule has 1 aromatic heterocycles. The maximum absolute atomic E-state index is 11.9. The van der Waals surface area contributed by atoms with Gasteiger partial charge < -0.3 is 9.80 Å². The molecule has 0 aliphatic heterocycles. The Morgan fingerprint density at radius 1 is 1.41 bits per heavy atom. The lowest BCUT2D eigenvalue weighted by Crippen LogP contribution is -2.36. The van der Waals surface area contributed by atoms with Gasteiger partial charge in [-0.2, -0.15) is 12.6 Å². The molecule has 0 unspecified atom stereocenters. The molecule has 0 saturated heterocycles. The Labute approximate surface area is 113 Å². The van der Waals surface area contributed by atoms with E-state index in [0.29, 0.717) is 12.2 Å². The van der Waals surface area contributed by atoms with E-state index >= 15 is 0 Å². The zero-order chi connectivity index (χ0) is 12.7. The topological polar surface area (TPSA) is 23.6 Å². The van der Waals surface area contributed by atoms with Crippen molar-refractivity contribution in [2.45, 2.75) is 13.0 Å². The Hall–Kier alpha value is -0.520. The minimum absolute atomic E-state index is 0.190. The van der Waals surface area contributed by atoms with Crippen LogP contribution in [0.2, 0.25) is 0 Å². The van der Waals surface area contributed by atoms with E-state index in [1.807, 2.05) is 30.4 Å². The molecule has 0 saturated carbocycles. The predicted molar refractivity (Wildman–Crippen MR) is 76.8 cm³/mol. The molecule has 1 amide bonds. The summed E-state index contributed by atoms with van der Waals surface area (Å²) in [5, 5.41) is 2.04. The summed E-state index contributed by atoms with van der Waals surface area (Å²) in [6.45, 7) is 2.39. The summed E-state index contributed by atoms with van der Waals surface area (Å²) in [6, 6.07) is 4.09. The Morgan fingerprint density at radius 3 is 2.71 bits per heavy atom. The van der Waals surface area contributed by atoms with Crippen LogP contribution in [-0.2, 0) is 11.3 Å². The lowest BCUT2D eigenvalue weighted by Gasteiger charge is -2.23. The zero-order valence-electron chi connectivity index (χ0n) is 10.4. The third kappa shape index (κ3) is 5.57. The van der Waals surface area contributed by atoms with Crippen molar-refractivity contribution in [3.05, 3.63) is 22.4 Å². The van der Waals surface area contributed by atoms with E-state index in [0.717, 1.165) is 19.6 Å². The van der Waals surface area contributed by atoms with Gasteiger partial charge in [0.15, 0.2) is 0 Å². The van der Waals surface area contributed by atoms with Gasteiger partial charge >= 0.3 is 0 Å². The third-order valence-electron chi connectivity index (χ3n) is 2.42. The van der Waals surface area contributed by atoms with Crippen LogP contribution in [0.3, 0.4) is 0 Å². The number of nitrogens with zero attached hydrogens (tertiary/aromatic N) is 2. The van der Waals surface area contributed by atoms with Gasteiger partial charge in [0.05, 0.1) is 6.54 Å². The van der Waals surface area contributed by atoms with Gasteiger partial charge in [-0.25, -0.2) is 0 Å². The van der Waals surface area contributed by atoms with Crippen molar-refractivity contribution in [1.29, 1.82) is 0 Å². The minimum Gasteiger partial charge on any atom is -0.336 e. The number of hydrogen-bond donors (Lipinski definition) is 1. The number of carbonyl (C=O) groups is 1. The molecule has 0 aliphatic rings. The van der Waals surface area contributed by atoms with E-state index in [2.05, 4.69) is 23.6 Å². The van der Waals surface area contributed by atoms with Gasteiger partial charge in [0.1, 0.15) is 0 Å². The molecule has 0 bridgehead atoms. The molecule has 0 fully saturated rings. The highest BCUT2D eigenvalue weighted by atomic mass is 32.1. The van der Waals surface area contributed by atoms with Crippen molar-refractivity contribution in [3.63, 3.8) is 0 Å². The predicted octanol–water partition coefficient (Wildman–Crippen LogP) is 1.96. The molecule has 5 heteroatoms. The Kier molecular flexibility index (Phi) is 6.62. The normalized spacial score (nSPS) is 10.8. The Morgan fingerprint density at radius 2 is 2.18 bits per heavy atom. The fraction of sp³-hybridized carbons (Fsp3) is 0.583. The van der Waals surface area contributed by atoms with Gasteiger partial charge in [0.25, 0.3) is 0 Å². The second kappa shape index (κ2) is 7.74. The van der Waals surface area contributed by atoms with Crippen molar-refractivity contribution in [1.82, 2.24) is 9.80 Å². The standard InChI is InChI=1S/C12H20N2OS2/c1-13(2)6-7-14(12(15)5-8-16)10-11-4-3-9-17-11/h3-4,9,16H,5-8,10H2,1-2H3. The quantitative estimate of drug-likeness (QED) is 0.767. The highest BCUT2D eigenvalue weighted by Gasteiger charge is 2.13. The lowest BCUT2D eigenvalue weighted by molar-refractivity contribution is -0.131. The first-order valence-electron chi connectivity index (χ1n) is 5.69. The molecule has 3 nitrogen and oxygen atoms in total. The van der Waals surface area contributed by atoms with Crippen molar-refractivity contribution in [2.24, 2.45) is 0 Å². The van der Waals surface area contributed by atoms with Gasteiger partial charge in [-0.3, -0.25) is 4.79 Å². The molecule has 0 N–H and O–H groups in total. The summed E-state index contributed by atoms with van der Waals surface area (Å²) in [5.74, 6) is 0.803. The number of amides is 1. The monoisotopic (exact) mass is 272 g/mol. The van der Waals surface area contributed by atoms with Crippen LogP contribution in [0.4, 0.5) is 0 Å². The minimum atomic E-state index is 0.190. The summed E-state index contributed by atoms with van der Waals surface area (Å²) < 4.78 is 0. The Bertz CT molecular complexity index is 325. The van der Waals surface area contributed by atoms with Crippen molar-refractivity contribution < 1.29 is 4.79 Å². The molecule has 0 spiro atoms. The third-order valence-corrected chi connectivity index (χ3v) is 3.51. The molecule has 1 aromatic rings. The van der Waals surface area contributed by atoms with Crippen molar-refractivity contribution in [2.75, 3.05) is 32.9 Å². The van der Waals surface area contributed by atoms with E-state index in [1.54, 1.807) is 11.3 Å². The molecule has 0 radical (unpaired) electrons. The fourth-order valence-electron chi connectivity index (χ4n) is 1.46. The number of thiophene rings is 1. The van der Waals surface area contributed by atoms with Crippen LogP contribution in [0.5, 0.6) is 0 Å². The van der Waals surface area contributed by atoms with Crippen molar-refractivity contribution in [3.8, 4) is 0 Å². The van der Waals surface area contributed by atoms with Gasteiger partial charge in [-0.15, -0.1) is 11.3 Å². The fourth-order valence-corrected chi connectivity index (χ4v) is 2.37. The van der Waals surface area contributed by atoms with Gasteiger partial charge in [0.2, 0.25) is 5.91 Å². The summed E-state index contributed by atoms with van der Waals surface area (Å²) in [5.41, 5.74) is 0. The first kappa shape index (κ1) is 14.5. The van der Waals surface area contributed by atoms with Crippen LogP contribution in [0, 0.1) is 0 Å². The summed E-state index contributed by atoms with van der Waals surface area (Å²) in [4.78, 5) is 17.2. The first-order valence-corrected chi connectivity index (χ1v) is 7.20. The number of hydrogen-bond acceptors (Lipinski definition) is 4. The average molecular weight is 272 g/mol. The summed E-state index contributed by atoms with van der Waals surface area (Å²) in [6.07, 6.45) is 0.516. The maximum atomic E-state index is 11.9. The molecule has 96 valence electrons. The molecule has 0 atom stereocenters. The highest BCUT2D eigenvalue weighted by molar-refractivity contribution is 7.80. The summed E-state index contributed by atoms with van der Waals surface area (Å²) >= 11 is 5.82. The SMILES string of the molecule is CN(C)CCN(Cc1cccs1)C(=O)CCS. The highest BCUT2D eigenvalue weighted by Crippen LogP contribution is 2.12. The van der Waals surface area contributed by atoms with Crippen LogP contribution in [0.25, 0.3) is 0 Å². The van der Waals surface area contributed by atoms with Gasteiger partial charge in [0, 0.05) is 24.4 Å². The lowest BCUT2D eigenvalue weighted by atomic mass is 10.3.